The summed E-state index contributed by atoms with van der Waals surface area (Å²) >= 11 is 3.06. The Balaban J connectivity index is 1.60. The highest BCUT2D eigenvalue weighted by Crippen LogP contribution is 2.53. The van der Waals surface area contributed by atoms with Crippen LogP contribution >= 0.6 is 23.5 Å². The van der Waals surface area contributed by atoms with E-state index in [1.807, 2.05) is 30.3 Å². The van der Waals surface area contributed by atoms with Gasteiger partial charge in [0.2, 0.25) is 0 Å². The minimum atomic E-state index is -1.34. The lowest BCUT2D eigenvalue weighted by Crippen LogP contribution is -2.26. The average molecular weight is 495 g/mol. The molecule has 2 atom stereocenters. The Morgan fingerprint density at radius 2 is 1.26 bits per heavy atom. The maximum atomic E-state index is 13.5. The normalized spacial score (nSPS) is 25.9. The lowest BCUT2D eigenvalue weighted by molar-refractivity contribution is -0.120. The number of unbranched alkanes of at least 4 members (excludes halogenated alkanes) is 2. The quantitative estimate of drug-likeness (QED) is 0.511. The van der Waals surface area contributed by atoms with E-state index in [0.717, 1.165) is 70.0 Å². The number of carbonyl (C=O) groups excluding carboxylic acids is 1. The summed E-state index contributed by atoms with van der Waals surface area (Å²) in [6.07, 6.45) is 1.55. The molecule has 34 heavy (non-hydrogen) atoms. The van der Waals surface area contributed by atoms with Crippen LogP contribution in [0.3, 0.4) is 0 Å². The Bertz CT molecular complexity index is 1180. The molecular weight excluding hydrogens is 464 g/mol. The van der Waals surface area contributed by atoms with Crippen molar-refractivity contribution in [1.29, 1.82) is 0 Å². The van der Waals surface area contributed by atoms with Gasteiger partial charge < -0.3 is 20.0 Å². The Kier molecular flexibility index (Phi) is 6.80. The van der Waals surface area contributed by atoms with Gasteiger partial charge in [0.15, 0.2) is 5.78 Å². The van der Waals surface area contributed by atoms with E-state index >= 15 is 0 Å². The third-order valence-corrected chi connectivity index (χ3v) is 8.95. The zero-order chi connectivity index (χ0) is 23.8. The second-order valence-electron chi connectivity index (χ2n) is 8.80. The summed E-state index contributed by atoms with van der Waals surface area (Å²) in [5.74, 6) is -0.390. The van der Waals surface area contributed by atoms with Crippen LogP contribution in [0.25, 0.3) is 0 Å². The predicted octanol–water partition coefficient (Wildman–Crippen LogP) is 5.54. The molecule has 0 saturated heterocycles. The van der Waals surface area contributed by atoms with Crippen molar-refractivity contribution in [1.82, 2.24) is 0 Å². The third kappa shape index (κ3) is 3.88. The SMILES string of the molecule is CCCCN1/C(=C2\C(=O)C(O)/C(=C3/Sc4ccccc4N3CCCC)C2O)Sc2ccccc21. The summed E-state index contributed by atoms with van der Waals surface area (Å²) < 4.78 is 0. The van der Waals surface area contributed by atoms with Crippen molar-refractivity contribution in [3.8, 4) is 0 Å². The lowest BCUT2D eigenvalue weighted by atomic mass is 10.1. The van der Waals surface area contributed by atoms with Crippen molar-refractivity contribution in [3.63, 3.8) is 0 Å². The zero-order valence-corrected chi connectivity index (χ0v) is 21.2. The van der Waals surface area contributed by atoms with Crippen molar-refractivity contribution in [2.75, 3.05) is 22.9 Å². The van der Waals surface area contributed by atoms with Crippen molar-refractivity contribution >= 4 is 40.7 Å². The molecule has 0 bridgehead atoms. The van der Waals surface area contributed by atoms with Crippen LogP contribution in [0.5, 0.6) is 0 Å². The molecule has 2 aliphatic heterocycles. The van der Waals surface area contributed by atoms with E-state index in [-0.39, 0.29) is 5.78 Å². The molecule has 5 rings (SSSR count). The molecule has 2 aromatic carbocycles. The average Bonchev–Trinajstić information content (AvgIpc) is 3.45. The van der Waals surface area contributed by atoms with Crippen molar-refractivity contribution in [2.45, 2.75) is 61.5 Å². The fourth-order valence-corrected chi connectivity index (χ4v) is 7.28. The fraction of sp³-hybridized carbons (Fsp3) is 0.370. The van der Waals surface area contributed by atoms with Crippen LogP contribution < -0.4 is 9.80 Å². The van der Waals surface area contributed by atoms with Gasteiger partial charge in [-0.1, -0.05) is 74.5 Å². The number of hydrogen-bond acceptors (Lipinski definition) is 7. The summed E-state index contributed by atoms with van der Waals surface area (Å²) in [5.41, 5.74) is 2.87. The van der Waals surface area contributed by atoms with E-state index in [1.165, 1.54) is 23.5 Å². The second kappa shape index (κ2) is 9.82. The van der Waals surface area contributed by atoms with Gasteiger partial charge in [0.25, 0.3) is 0 Å². The highest BCUT2D eigenvalue weighted by molar-refractivity contribution is 8.04. The first-order valence-electron chi connectivity index (χ1n) is 12.0. The zero-order valence-electron chi connectivity index (χ0n) is 19.5. The lowest BCUT2D eigenvalue weighted by Gasteiger charge is -2.24. The number of aliphatic hydroxyl groups is 2. The number of carbonyl (C=O) groups is 1. The number of hydrogen-bond donors (Lipinski definition) is 2. The van der Waals surface area contributed by atoms with Crippen molar-refractivity contribution in [3.05, 3.63) is 69.7 Å². The first-order chi connectivity index (χ1) is 16.6. The molecule has 7 heteroatoms. The minimum Gasteiger partial charge on any atom is -0.384 e. The molecule has 0 radical (unpaired) electrons. The van der Waals surface area contributed by atoms with E-state index in [9.17, 15) is 15.0 Å². The van der Waals surface area contributed by atoms with E-state index in [0.29, 0.717) is 11.1 Å². The van der Waals surface area contributed by atoms with Crippen LogP contribution in [0, 0.1) is 0 Å². The largest absolute Gasteiger partial charge is 0.384 e. The standard InChI is InChI=1S/C27H30N2O3S2/c1-3-5-15-28-17-11-7-9-13-19(17)33-26(28)21-23(30)22(25(32)24(21)31)27-29(16-6-4-2)18-12-8-10-14-20(18)34-27/h7-14,23-24,30-31H,3-6,15-16H2,1-2H3/b26-21+,27-22+. The number of para-hydroxylation sites is 2. The van der Waals surface area contributed by atoms with E-state index in [4.69, 9.17) is 0 Å². The second-order valence-corrected chi connectivity index (χ2v) is 10.9. The molecule has 3 aliphatic rings. The number of rotatable bonds is 6. The molecule has 1 aliphatic carbocycles. The molecule has 2 unspecified atom stereocenters. The number of anilines is 2. The molecule has 5 nitrogen and oxygen atoms in total. The number of Topliss-reactive ketones (excluding diaryl/α,β-unsaturated/α-hetero) is 1. The predicted molar refractivity (Wildman–Crippen MR) is 140 cm³/mol. The molecule has 2 heterocycles. The van der Waals surface area contributed by atoms with Crippen LogP contribution in [-0.4, -0.2) is 41.3 Å². The fourth-order valence-electron chi connectivity index (χ4n) is 4.75. The maximum Gasteiger partial charge on any atom is 0.197 e. The maximum absolute atomic E-state index is 13.5. The molecule has 0 spiro atoms. The highest BCUT2D eigenvalue weighted by Gasteiger charge is 2.48. The van der Waals surface area contributed by atoms with Gasteiger partial charge in [-0.25, -0.2) is 0 Å². The third-order valence-electron chi connectivity index (χ3n) is 6.54. The minimum absolute atomic E-state index is 0.319. The molecule has 2 N–H and O–H groups in total. The Morgan fingerprint density at radius 3 is 1.82 bits per heavy atom. The molecule has 1 saturated carbocycles. The van der Waals surface area contributed by atoms with Crippen LogP contribution in [0.1, 0.15) is 39.5 Å². The number of thioether (sulfide) groups is 2. The number of benzene rings is 2. The van der Waals surface area contributed by atoms with Crippen LogP contribution in [0.2, 0.25) is 0 Å². The van der Waals surface area contributed by atoms with Gasteiger partial charge >= 0.3 is 0 Å². The first-order valence-corrected chi connectivity index (χ1v) is 13.7. The summed E-state index contributed by atoms with van der Waals surface area (Å²) in [4.78, 5) is 19.9. The van der Waals surface area contributed by atoms with Gasteiger partial charge in [0.1, 0.15) is 12.2 Å². The summed E-state index contributed by atoms with van der Waals surface area (Å²) in [6.45, 7) is 5.84. The topological polar surface area (TPSA) is 64.0 Å². The van der Waals surface area contributed by atoms with Crippen LogP contribution in [-0.2, 0) is 4.79 Å². The molecule has 178 valence electrons. The number of ketones is 1. The van der Waals surface area contributed by atoms with E-state index < -0.39 is 12.2 Å². The smallest absolute Gasteiger partial charge is 0.197 e. The van der Waals surface area contributed by atoms with E-state index in [1.54, 1.807) is 0 Å². The molecule has 2 aromatic rings. The Morgan fingerprint density at radius 1 is 0.765 bits per heavy atom. The summed E-state index contributed by atoms with van der Waals surface area (Å²) in [6, 6.07) is 16.2. The Hall–Kier alpha value is -2.19. The Labute approximate surface area is 209 Å². The van der Waals surface area contributed by atoms with Gasteiger partial charge in [0, 0.05) is 28.5 Å². The van der Waals surface area contributed by atoms with Gasteiger partial charge in [-0.15, -0.1) is 0 Å². The number of aliphatic hydroxyl groups excluding tert-OH is 2. The van der Waals surface area contributed by atoms with Gasteiger partial charge in [-0.05, 0) is 37.1 Å². The van der Waals surface area contributed by atoms with Crippen LogP contribution in [0.15, 0.2) is 79.5 Å². The molecule has 0 aromatic heterocycles. The number of nitrogens with zero attached hydrogens (tertiary/aromatic N) is 2. The monoisotopic (exact) mass is 494 g/mol. The summed E-state index contributed by atoms with van der Waals surface area (Å²) in [5, 5.41) is 24.3. The van der Waals surface area contributed by atoms with E-state index in [2.05, 4.69) is 41.8 Å². The molecular formula is C27H30N2O3S2. The van der Waals surface area contributed by atoms with Gasteiger partial charge in [-0.2, -0.15) is 0 Å². The first kappa shape index (κ1) is 23.5. The summed E-state index contributed by atoms with van der Waals surface area (Å²) in [7, 11) is 0. The van der Waals surface area contributed by atoms with Crippen molar-refractivity contribution in [2.24, 2.45) is 0 Å². The van der Waals surface area contributed by atoms with Crippen molar-refractivity contribution < 1.29 is 15.0 Å². The highest BCUT2D eigenvalue weighted by atomic mass is 32.2. The number of fused-ring (bicyclic) bond motifs is 2. The van der Waals surface area contributed by atoms with Gasteiger partial charge in [0.05, 0.1) is 27.0 Å². The molecule has 1 fully saturated rings. The van der Waals surface area contributed by atoms with Gasteiger partial charge in [-0.3, -0.25) is 4.79 Å². The molecule has 0 amide bonds. The van der Waals surface area contributed by atoms with Crippen LogP contribution in [0.4, 0.5) is 11.4 Å².